The Bertz CT molecular complexity index is 414. The summed E-state index contributed by atoms with van der Waals surface area (Å²) >= 11 is 1.74. The van der Waals surface area contributed by atoms with Gasteiger partial charge in [0.05, 0.1) is 0 Å². The van der Waals surface area contributed by atoms with Gasteiger partial charge in [-0.2, -0.15) is 0 Å². The van der Waals surface area contributed by atoms with Crippen LogP contribution in [-0.2, 0) is 0 Å². The van der Waals surface area contributed by atoms with Gasteiger partial charge in [0, 0.05) is 56.4 Å². The van der Waals surface area contributed by atoms with Gasteiger partial charge in [-0.1, -0.05) is 13.8 Å². The number of anilines is 1. The summed E-state index contributed by atoms with van der Waals surface area (Å²) < 4.78 is 0. The summed E-state index contributed by atoms with van der Waals surface area (Å²) in [5.74, 6) is 0. The molecular formula is C16H30N4S. The quantitative estimate of drug-likeness (QED) is 0.906. The fraction of sp³-hybridized carbons (Fsp3) is 0.812. The number of nitrogens with zero attached hydrogens (tertiary/aromatic N) is 3. The summed E-state index contributed by atoms with van der Waals surface area (Å²) in [5.41, 5.74) is 0.497. The molecule has 0 aromatic carbocycles. The molecular weight excluding hydrogens is 280 g/mol. The lowest BCUT2D eigenvalue weighted by Crippen LogP contribution is -2.51. The number of nitrogens with one attached hydrogen (secondary N) is 1. The van der Waals surface area contributed by atoms with E-state index in [2.05, 4.69) is 60.1 Å². The van der Waals surface area contributed by atoms with E-state index in [0.717, 1.165) is 39.3 Å². The molecule has 0 unspecified atom stereocenters. The average molecular weight is 311 g/mol. The molecule has 2 heterocycles. The minimum absolute atomic E-state index is 0.195. The highest BCUT2D eigenvalue weighted by molar-refractivity contribution is 7.13. The third kappa shape index (κ3) is 5.57. The SMILES string of the molecule is CC(C)(CNC(C)(C)C)CN1CCN(c2nccs2)CC1. The number of thiazole rings is 1. The summed E-state index contributed by atoms with van der Waals surface area (Å²) in [4.78, 5) is 9.41. The molecule has 21 heavy (non-hydrogen) atoms. The average Bonchev–Trinajstić information content (AvgIpc) is 2.90. The summed E-state index contributed by atoms with van der Waals surface area (Å²) in [7, 11) is 0. The van der Waals surface area contributed by atoms with E-state index in [4.69, 9.17) is 0 Å². The van der Waals surface area contributed by atoms with Gasteiger partial charge in [0.15, 0.2) is 5.13 Å². The summed E-state index contributed by atoms with van der Waals surface area (Å²) in [6.07, 6.45) is 1.90. The largest absolute Gasteiger partial charge is 0.346 e. The van der Waals surface area contributed by atoms with Crippen LogP contribution in [0.1, 0.15) is 34.6 Å². The summed E-state index contributed by atoms with van der Waals surface area (Å²) in [6, 6.07) is 0. The Balaban J connectivity index is 1.77. The van der Waals surface area contributed by atoms with Crippen molar-refractivity contribution in [2.75, 3.05) is 44.2 Å². The molecule has 2 rings (SSSR count). The van der Waals surface area contributed by atoms with Crippen molar-refractivity contribution in [1.29, 1.82) is 0 Å². The van der Waals surface area contributed by atoms with Crippen molar-refractivity contribution in [2.24, 2.45) is 5.41 Å². The Morgan fingerprint density at radius 3 is 2.33 bits per heavy atom. The van der Waals surface area contributed by atoms with Gasteiger partial charge in [0.1, 0.15) is 0 Å². The molecule has 1 saturated heterocycles. The normalized spacial score (nSPS) is 18.2. The zero-order chi connectivity index (χ0) is 15.5. The van der Waals surface area contributed by atoms with Crippen molar-refractivity contribution in [2.45, 2.75) is 40.2 Å². The monoisotopic (exact) mass is 310 g/mol. The first-order valence-corrected chi connectivity index (χ1v) is 8.75. The molecule has 1 N–H and O–H groups in total. The third-order valence-electron chi connectivity index (χ3n) is 3.81. The lowest BCUT2D eigenvalue weighted by atomic mass is 9.91. The Morgan fingerprint density at radius 2 is 1.81 bits per heavy atom. The lowest BCUT2D eigenvalue weighted by molar-refractivity contribution is 0.158. The van der Waals surface area contributed by atoms with Crippen LogP contribution < -0.4 is 10.2 Å². The van der Waals surface area contributed by atoms with Crippen LogP contribution in [0.3, 0.4) is 0 Å². The fourth-order valence-corrected chi connectivity index (χ4v) is 3.33. The van der Waals surface area contributed by atoms with Crippen molar-refractivity contribution in [1.82, 2.24) is 15.2 Å². The van der Waals surface area contributed by atoms with Crippen LogP contribution in [0.5, 0.6) is 0 Å². The predicted molar refractivity (Wildman–Crippen MR) is 92.3 cm³/mol. The highest BCUT2D eigenvalue weighted by Crippen LogP contribution is 2.22. The van der Waals surface area contributed by atoms with Crippen LogP contribution in [0, 0.1) is 5.41 Å². The van der Waals surface area contributed by atoms with E-state index in [-0.39, 0.29) is 5.54 Å². The zero-order valence-corrected chi connectivity index (χ0v) is 15.0. The van der Waals surface area contributed by atoms with E-state index in [0.29, 0.717) is 5.41 Å². The topological polar surface area (TPSA) is 31.4 Å². The van der Waals surface area contributed by atoms with E-state index in [1.54, 1.807) is 11.3 Å². The highest BCUT2D eigenvalue weighted by atomic mass is 32.1. The second-order valence-corrected chi connectivity index (χ2v) is 8.72. The van der Waals surface area contributed by atoms with Crippen molar-refractivity contribution in [3.05, 3.63) is 11.6 Å². The van der Waals surface area contributed by atoms with E-state index in [1.807, 2.05) is 6.20 Å². The standard InChI is InChI=1S/C16H30N4S/c1-15(2,3)18-12-16(4,5)13-19-7-9-20(10-8-19)14-17-6-11-21-14/h6,11,18H,7-10,12-13H2,1-5H3. The molecule has 120 valence electrons. The van der Waals surface area contributed by atoms with Gasteiger partial charge in [0.2, 0.25) is 0 Å². The summed E-state index contributed by atoms with van der Waals surface area (Å²) in [5, 5.41) is 6.87. The molecule has 1 aromatic rings. The van der Waals surface area contributed by atoms with E-state index in [1.165, 1.54) is 5.13 Å². The lowest BCUT2D eigenvalue weighted by Gasteiger charge is -2.39. The number of rotatable bonds is 5. The molecule has 1 fully saturated rings. The molecule has 0 atom stereocenters. The smallest absolute Gasteiger partial charge is 0.185 e. The van der Waals surface area contributed by atoms with Gasteiger partial charge >= 0.3 is 0 Å². The maximum Gasteiger partial charge on any atom is 0.185 e. The first kappa shape index (κ1) is 16.7. The summed E-state index contributed by atoms with van der Waals surface area (Å²) in [6.45, 7) is 18.1. The maximum atomic E-state index is 4.41. The number of aromatic nitrogens is 1. The van der Waals surface area contributed by atoms with Crippen LogP contribution in [-0.4, -0.2) is 54.7 Å². The minimum Gasteiger partial charge on any atom is -0.346 e. The van der Waals surface area contributed by atoms with Crippen molar-refractivity contribution in [3.63, 3.8) is 0 Å². The Labute approximate surface area is 133 Å². The van der Waals surface area contributed by atoms with Crippen LogP contribution in [0.2, 0.25) is 0 Å². The molecule has 4 nitrogen and oxygen atoms in total. The fourth-order valence-electron chi connectivity index (χ4n) is 2.64. The third-order valence-corrected chi connectivity index (χ3v) is 4.64. The van der Waals surface area contributed by atoms with Gasteiger partial charge in [-0.25, -0.2) is 4.98 Å². The van der Waals surface area contributed by atoms with E-state index >= 15 is 0 Å². The van der Waals surface area contributed by atoms with Crippen LogP contribution in [0.4, 0.5) is 5.13 Å². The van der Waals surface area contributed by atoms with Gasteiger partial charge in [-0.05, 0) is 26.2 Å². The van der Waals surface area contributed by atoms with Crippen LogP contribution >= 0.6 is 11.3 Å². The molecule has 1 aliphatic heterocycles. The number of hydrogen-bond donors (Lipinski definition) is 1. The molecule has 0 bridgehead atoms. The zero-order valence-electron chi connectivity index (χ0n) is 14.1. The van der Waals surface area contributed by atoms with Gasteiger partial charge in [-0.15, -0.1) is 11.3 Å². The second-order valence-electron chi connectivity index (χ2n) is 7.85. The molecule has 1 aliphatic rings. The van der Waals surface area contributed by atoms with Crippen LogP contribution in [0.25, 0.3) is 0 Å². The first-order valence-electron chi connectivity index (χ1n) is 7.87. The molecule has 0 saturated carbocycles. The van der Waals surface area contributed by atoms with Gasteiger partial charge in [-0.3, -0.25) is 4.90 Å². The predicted octanol–water partition coefficient (Wildman–Crippen LogP) is 2.68. The molecule has 1 aromatic heterocycles. The number of piperazine rings is 1. The first-order chi connectivity index (χ1) is 9.75. The van der Waals surface area contributed by atoms with E-state index in [9.17, 15) is 0 Å². The number of hydrogen-bond acceptors (Lipinski definition) is 5. The molecule has 0 amide bonds. The molecule has 0 radical (unpaired) electrons. The Hall–Kier alpha value is -0.650. The maximum absolute atomic E-state index is 4.41. The second kappa shape index (κ2) is 6.63. The van der Waals surface area contributed by atoms with Gasteiger partial charge in [0.25, 0.3) is 0 Å². The van der Waals surface area contributed by atoms with Crippen molar-refractivity contribution >= 4 is 16.5 Å². The Kier molecular flexibility index (Phi) is 5.28. The van der Waals surface area contributed by atoms with Crippen molar-refractivity contribution < 1.29 is 0 Å². The van der Waals surface area contributed by atoms with Crippen LogP contribution in [0.15, 0.2) is 11.6 Å². The Morgan fingerprint density at radius 1 is 1.14 bits per heavy atom. The molecule has 0 spiro atoms. The minimum atomic E-state index is 0.195. The highest BCUT2D eigenvalue weighted by Gasteiger charge is 2.26. The van der Waals surface area contributed by atoms with E-state index < -0.39 is 0 Å². The molecule has 5 heteroatoms. The van der Waals surface area contributed by atoms with Gasteiger partial charge < -0.3 is 10.2 Å². The van der Waals surface area contributed by atoms with Crippen molar-refractivity contribution in [3.8, 4) is 0 Å². The molecule has 0 aliphatic carbocycles.